The lowest BCUT2D eigenvalue weighted by Crippen LogP contribution is -1.92. The lowest BCUT2D eigenvalue weighted by atomic mass is 10.2. The second kappa shape index (κ2) is 6.65. The zero-order valence-electron chi connectivity index (χ0n) is 11.6. The summed E-state index contributed by atoms with van der Waals surface area (Å²) in [5.74, 6) is 0.415. The van der Waals surface area contributed by atoms with E-state index in [1.807, 2.05) is 54.6 Å². The standard InChI is InChI=1S/C17H12N2OS2/c18-10-13(15(20)11-21-12-6-2-1-3-7-12)17-19-14-8-4-5-9-16(14)22-17/h1-9,20H,11H2. The summed E-state index contributed by atoms with van der Waals surface area (Å²) in [5, 5.41) is 20.2. The van der Waals surface area contributed by atoms with Gasteiger partial charge in [-0.1, -0.05) is 30.3 Å². The first-order chi connectivity index (χ1) is 10.8. The van der Waals surface area contributed by atoms with Crippen LogP contribution in [0.15, 0.2) is 65.3 Å². The Morgan fingerprint density at radius 1 is 1.14 bits per heavy atom. The Balaban J connectivity index is 1.86. The van der Waals surface area contributed by atoms with Gasteiger partial charge in [-0.2, -0.15) is 5.26 Å². The molecule has 0 aliphatic carbocycles. The number of aliphatic hydroxyl groups excluding tert-OH is 1. The van der Waals surface area contributed by atoms with Crippen molar-refractivity contribution in [2.45, 2.75) is 4.90 Å². The van der Waals surface area contributed by atoms with Gasteiger partial charge in [-0.3, -0.25) is 0 Å². The number of benzene rings is 2. The molecule has 1 aromatic heterocycles. The Hall–Kier alpha value is -2.29. The van der Waals surface area contributed by atoms with Gasteiger partial charge in [0.1, 0.15) is 22.4 Å². The SMILES string of the molecule is N#CC(=C(O)CSc1ccccc1)c1nc2ccccc2s1. The van der Waals surface area contributed by atoms with Crippen molar-refractivity contribution in [3.8, 4) is 6.07 Å². The van der Waals surface area contributed by atoms with Crippen molar-refractivity contribution in [1.82, 2.24) is 4.98 Å². The molecule has 0 aliphatic rings. The van der Waals surface area contributed by atoms with E-state index in [4.69, 9.17) is 0 Å². The van der Waals surface area contributed by atoms with Crippen molar-refractivity contribution in [3.05, 3.63) is 65.4 Å². The first-order valence-electron chi connectivity index (χ1n) is 6.64. The zero-order chi connectivity index (χ0) is 15.4. The number of rotatable bonds is 4. The fourth-order valence-corrected chi connectivity index (χ4v) is 3.74. The number of thioether (sulfide) groups is 1. The number of hydrogen-bond acceptors (Lipinski definition) is 5. The van der Waals surface area contributed by atoms with E-state index in [1.54, 1.807) is 0 Å². The molecule has 108 valence electrons. The van der Waals surface area contributed by atoms with Crippen LogP contribution in [0.1, 0.15) is 5.01 Å². The number of allylic oxidation sites excluding steroid dienone is 1. The zero-order valence-corrected chi connectivity index (χ0v) is 13.2. The van der Waals surface area contributed by atoms with E-state index in [0.29, 0.717) is 10.8 Å². The molecule has 1 heterocycles. The van der Waals surface area contributed by atoms with Crippen molar-refractivity contribution in [2.75, 3.05) is 5.75 Å². The van der Waals surface area contributed by atoms with Gasteiger partial charge in [0.15, 0.2) is 0 Å². The number of hydrogen-bond donors (Lipinski definition) is 1. The molecule has 0 atom stereocenters. The second-order valence-electron chi connectivity index (χ2n) is 4.52. The van der Waals surface area contributed by atoms with Gasteiger partial charge in [0.2, 0.25) is 0 Å². The van der Waals surface area contributed by atoms with Crippen LogP contribution in [0.3, 0.4) is 0 Å². The quantitative estimate of drug-likeness (QED) is 0.422. The average Bonchev–Trinajstić information content (AvgIpc) is 2.98. The van der Waals surface area contributed by atoms with Gasteiger partial charge in [0, 0.05) is 4.90 Å². The van der Waals surface area contributed by atoms with Gasteiger partial charge < -0.3 is 5.11 Å². The van der Waals surface area contributed by atoms with Crippen molar-refractivity contribution < 1.29 is 5.11 Å². The lowest BCUT2D eigenvalue weighted by Gasteiger charge is -2.02. The molecule has 3 rings (SSSR count). The van der Waals surface area contributed by atoms with Crippen LogP contribution in [0.2, 0.25) is 0 Å². The number of nitrogens with zero attached hydrogens (tertiary/aromatic N) is 2. The van der Waals surface area contributed by atoms with E-state index in [-0.39, 0.29) is 11.3 Å². The molecule has 22 heavy (non-hydrogen) atoms. The van der Waals surface area contributed by atoms with Gasteiger partial charge in [0.25, 0.3) is 0 Å². The summed E-state index contributed by atoms with van der Waals surface area (Å²) >= 11 is 2.91. The molecule has 0 radical (unpaired) electrons. The maximum absolute atomic E-state index is 10.3. The van der Waals surface area contributed by atoms with Gasteiger partial charge in [-0.25, -0.2) is 4.98 Å². The molecule has 0 aliphatic heterocycles. The topological polar surface area (TPSA) is 56.9 Å². The van der Waals surface area contributed by atoms with Gasteiger partial charge >= 0.3 is 0 Å². The molecular weight excluding hydrogens is 312 g/mol. The summed E-state index contributed by atoms with van der Waals surface area (Å²) in [6.07, 6.45) is 0. The molecule has 0 amide bonds. The van der Waals surface area contributed by atoms with Crippen LogP contribution in [0.4, 0.5) is 0 Å². The van der Waals surface area contributed by atoms with Crippen LogP contribution >= 0.6 is 23.1 Å². The summed E-state index contributed by atoms with van der Waals surface area (Å²) in [6, 6.07) is 19.6. The van der Waals surface area contributed by atoms with E-state index in [1.165, 1.54) is 23.1 Å². The molecule has 0 saturated carbocycles. The van der Waals surface area contributed by atoms with Gasteiger partial charge in [-0.05, 0) is 24.3 Å². The van der Waals surface area contributed by atoms with E-state index in [9.17, 15) is 10.4 Å². The summed E-state index contributed by atoms with van der Waals surface area (Å²) in [5.41, 5.74) is 1.10. The Morgan fingerprint density at radius 3 is 2.59 bits per heavy atom. The van der Waals surface area contributed by atoms with Crippen molar-refractivity contribution in [2.24, 2.45) is 0 Å². The highest BCUT2D eigenvalue weighted by molar-refractivity contribution is 7.99. The van der Waals surface area contributed by atoms with Gasteiger partial charge in [-0.15, -0.1) is 23.1 Å². The Labute approximate surface area is 136 Å². The van der Waals surface area contributed by atoms with Crippen molar-refractivity contribution in [1.29, 1.82) is 5.26 Å². The second-order valence-corrected chi connectivity index (χ2v) is 6.60. The largest absolute Gasteiger partial charge is 0.510 e. The third-order valence-corrected chi connectivity index (χ3v) is 5.10. The third kappa shape index (κ3) is 3.14. The molecule has 3 aromatic rings. The highest BCUT2D eigenvalue weighted by Gasteiger charge is 2.13. The summed E-state index contributed by atoms with van der Waals surface area (Å²) in [4.78, 5) is 5.48. The lowest BCUT2D eigenvalue weighted by molar-refractivity contribution is 0.421. The third-order valence-electron chi connectivity index (χ3n) is 3.03. The van der Waals surface area contributed by atoms with E-state index < -0.39 is 0 Å². The fraction of sp³-hybridized carbons (Fsp3) is 0.0588. The van der Waals surface area contributed by atoms with E-state index in [0.717, 1.165) is 15.1 Å². The molecular formula is C17H12N2OS2. The Bertz CT molecular complexity index is 830. The molecule has 3 nitrogen and oxygen atoms in total. The molecule has 0 unspecified atom stereocenters. The Morgan fingerprint density at radius 2 is 1.86 bits per heavy atom. The van der Waals surface area contributed by atoms with Crippen LogP contribution in [0.25, 0.3) is 15.8 Å². The van der Waals surface area contributed by atoms with Crippen LogP contribution in [-0.2, 0) is 0 Å². The molecule has 0 fully saturated rings. The first kappa shape index (κ1) is 14.6. The Kier molecular flexibility index (Phi) is 4.42. The number of fused-ring (bicyclic) bond motifs is 1. The minimum atomic E-state index is 0.0652. The molecule has 1 N–H and O–H groups in total. The minimum absolute atomic E-state index is 0.0652. The summed E-state index contributed by atoms with van der Waals surface area (Å²) in [6.45, 7) is 0. The molecule has 0 saturated heterocycles. The van der Waals surface area contributed by atoms with Crippen LogP contribution < -0.4 is 0 Å². The van der Waals surface area contributed by atoms with Crippen molar-refractivity contribution in [3.63, 3.8) is 0 Å². The molecule has 0 spiro atoms. The maximum atomic E-state index is 10.3. The minimum Gasteiger partial charge on any atom is -0.510 e. The fourth-order valence-electron chi connectivity index (χ4n) is 1.96. The van der Waals surface area contributed by atoms with E-state index >= 15 is 0 Å². The number of para-hydroxylation sites is 1. The number of nitriles is 1. The highest BCUT2D eigenvalue weighted by atomic mass is 32.2. The number of aliphatic hydroxyl groups is 1. The highest BCUT2D eigenvalue weighted by Crippen LogP contribution is 2.29. The monoisotopic (exact) mass is 324 g/mol. The average molecular weight is 324 g/mol. The van der Waals surface area contributed by atoms with Crippen LogP contribution in [0.5, 0.6) is 0 Å². The predicted molar refractivity (Wildman–Crippen MR) is 91.9 cm³/mol. The summed E-state index contributed by atoms with van der Waals surface area (Å²) in [7, 11) is 0. The van der Waals surface area contributed by atoms with Crippen LogP contribution in [-0.4, -0.2) is 15.8 Å². The normalized spacial score (nSPS) is 12.0. The molecule has 0 bridgehead atoms. The molecule has 2 aromatic carbocycles. The summed E-state index contributed by atoms with van der Waals surface area (Å²) < 4.78 is 1.01. The smallest absolute Gasteiger partial charge is 0.138 e. The van der Waals surface area contributed by atoms with E-state index in [2.05, 4.69) is 11.1 Å². The number of aromatic nitrogens is 1. The predicted octanol–water partition coefficient (Wildman–Crippen LogP) is 4.88. The number of thiazole rings is 1. The maximum Gasteiger partial charge on any atom is 0.138 e. The van der Waals surface area contributed by atoms with Crippen molar-refractivity contribution >= 4 is 38.9 Å². The van der Waals surface area contributed by atoms with Crippen LogP contribution in [0, 0.1) is 11.3 Å². The first-order valence-corrected chi connectivity index (χ1v) is 8.44. The molecule has 5 heteroatoms. The van der Waals surface area contributed by atoms with Gasteiger partial charge in [0.05, 0.1) is 16.0 Å².